The fraction of sp³-hybridized carbons (Fsp3) is 0.550. The number of hydrogen-bond donors (Lipinski definition) is 1. The third-order valence-electron chi connectivity index (χ3n) is 5.73. The SMILES string of the molecule is CN1CCCCC[C@@H]1c1nc(CC(N)=O)nn1C1Cc2ccccc2C1. The summed E-state index contributed by atoms with van der Waals surface area (Å²) >= 11 is 0. The van der Waals surface area contributed by atoms with E-state index in [1.165, 1.54) is 30.4 Å². The number of fused-ring (bicyclic) bond motifs is 1. The fourth-order valence-corrected chi connectivity index (χ4v) is 4.39. The second-order valence-electron chi connectivity index (χ2n) is 7.65. The molecule has 0 bridgehead atoms. The third kappa shape index (κ3) is 3.38. The van der Waals surface area contributed by atoms with Crippen LogP contribution in [0.3, 0.4) is 0 Å². The van der Waals surface area contributed by atoms with Crippen LogP contribution >= 0.6 is 0 Å². The van der Waals surface area contributed by atoms with Gasteiger partial charge in [0.2, 0.25) is 5.91 Å². The summed E-state index contributed by atoms with van der Waals surface area (Å²) in [5.41, 5.74) is 8.18. The van der Waals surface area contributed by atoms with Crippen molar-refractivity contribution in [3.63, 3.8) is 0 Å². The van der Waals surface area contributed by atoms with E-state index in [0.717, 1.165) is 31.6 Å². The minimum atomic E-state index is -0.377. The summed E-state index contributed by atoms with van der Waals surface area (Å²) in [6.07, 6.45) is 6.83. The van der Waals surface area contributed by atoms with Crippen LogP contribution in [0.1, 0.15) is 60.5 Å². The molecule has 26 heavy (non-hydrogen) atoms. The lowest BCUT2D eigenvalue weighted by molar-refractivity contribution is -0.117. The molecule has 0 saturated carbocycles. The predicted molar refractivity (Wildman–Crippen MR) is 99.6 cm³/mol. The number of nitrogens with two attached hydrogens (primary N) is 1. The van der Waals surface area contributed by atoms with Crippen molar-refractivity contribution in [2.24, 2.45) is 5.73 Å². The van der Waals surface area contributed by atoms with Crippen molar-refractivity contribution in [2.75, 3.05) is 13.6 Å². The van der Waals surface area contributed by atoms with E-state index in [-0.39, 0.29) is 24.4 Å². The Hall–Kier alpha value is -2.21. The van der Waals surface area contributed by atoms with Gasteiger partial charge in [0, 0.05) is 0 Å². The molecule has 0 unspecified atom stereocenters. The van der Waals surface area contributed by atoms with Gasteiger partial charge in [-0.3, -0.25) is 9.69 Å². The number of rotatable bonds is 4. The van der Waals surface area contributed by atoms with Crippen LogP contribution in [0.2, 0.25) is 0 Å². The monoisotopic (exact) mass is 353 g/mol. The summed E-state index contributed by atoms with van der Waals surface area (Å²) in [5, 5.41) is 4.73. The lowest BCUT2D eigenvalue weighted by atomic mass is 10.1. The minimum Gasteiger partial charge on any atom is -0.369 e. The van der Waals surface area contributed by atoms with E-state index in [0.29, 0.717) is 5.82 Å². The Kier molecular flexibility index (Phi) is 4.76. The van der Waals surface area contributed by atoms with E-state index in [2.05, 4.69) is 40.9 Å². The molecule has 2 aromatic rings. The number of amides is 1. The summed E-state index contributed by atoms with van der Waals surface area (Å²) in [6.45, 7) is 1.08. The molecule has 6 heteroatoms. The van der Waals surface area contributed by atoms with Gasteiger partial charge in [-0.25, -0.2) is 9.67 Å². The number of carbonyl (C=O) groups excluding carboxylic acids is 1. The van der Waals surface area contributed by atoms with Gasteiger partial charge in [0.1, 0.15) is 5.82 Å². The van der Waals surface area contributed by atoms with Gasteiger partial charge in [0.05, 0.1) is 18.5 Å². The highest BCUT2D eigenvalue weighted by Crippen LogP contribution is 2.34. The highest BCUT2D eigenvalue weighted by Gasteiger charge is 2.31. The topological polar surface area (TPSA) is 77.0 Å². The van der Waals surface area contributed by atoms with Crippen LogP contribution < -0.4 is 5.73 Å². The molecule has 138 valence electrons. The Labute approximate surface area is 154 Å². The van der Waals surface area contributed by atoms with Crippen LogP contribution in [0.4, 0.5) is 0 Å². The molecule has 1 aliphatic carbocycles. The third-order valence-corrected chi connectivity index (χ3v) is 5.73. The largest absolute Gasteiger partial charge is 0.369 e. The molecule has 2 heterocycles. The zero-order chi connectivity index (χ0) is 18.1. The summed E-state index contributed by atoms with van der Waals surface area (Å²) < 4.78 is 2.10. The number of hydrogen-bond acceptors (Lipinski definition) is 4. The number of aromatic nitrogens is 3. The zero-order valence-corrected chi connectivity index (χ0v) is 15.4. The normalized spacial score (nSPS) is 21.5. The van der Waals surface area contributed by atoms with Crippen molar-refractivity contribution in [1.82, 2.24) is 19.7 Å². The molecular formula is C20H27N5O. The molecule has 1 aromatic carbocycles. The van der Waals surface area contributed by atoms with Crippen molar-refractivity contribution in [2.45, 2.75) is 57.0 Å². The van der Waals surface area contributed by atoms with E-state index >= 15 is 0 Å². The van der Waals surface area contributed by atoms with Crippen LogP contribution in [0.5, 0.6) is 0 Å². The maximum Gasteiger partial charge on any atom is 0.225 e. The van der Waals surface area contributed by atoms with E-state index in [4.69, 9.17) is 15.8 Å². The standard InChI is InChI=1S/C20H27N5O/c1-24-10-6-2-3-9-17(24)20-22-19(13-18(21)26)23-25(20)16-11-14-7-4-5-8-15(14)12-16/h4-5,7-8,16-17H,2-3,6,9-13H2,1H3,(H2,21,26)/t17-/m1/s1. The quantitative estimate of drug-likeness (QED) is 0.914. The fourth-order valence-electron chi connectivity index (χ4n) is 4.39. The lowest BCUT2D eigenvalue weighted by Crippen LogP contribution is -2.28. The zero-order valence-electron chi connectivity index (χ0n) is 15.4. The molecule has 2 N–H and O–H groups in total. The van der Waals surface area contributed by atoms with E-state index < -0.39 is 0 Å². The Morgan fingerprint density at radius 3 is 2.62 bits per heavy atom. The molecule has 4 rings (SSSR count). The van der Waals surface area contributed by atoms with Crippen molar-refractivity contribution in [1.29, 1.82) is 0 Å². The van der Waals surface area contributed by atoms with E-state index in [1.807, 2.05) is 0 Å². The molecule has 1 fully saturated rings. The van der Waals surface area contributed by atoms with Crippen LogP contribution in [-0.2, 0) is 24.1 Å². The van der Waals surface area contributed by atoms with Gasteiger partial charge >= 0.3 is 0 Å². The molecular weight excluding hydrogens is 326 g/mol. The van der Waals surface area contributed by atoms with Gasteiger partial charge in [-0.1, -0.05) is 37.1 Å². The Morgan fingerprint density at radius 2 is 1.92 bits per heavy atom. The van der Waals surface area contributed by atoms with Gasteiger partial charge < -0.3 is 5.73 Å². The summed E-state index contributed by atoms with van der Waals surface area (Å²) in [7, 11) is 2.17. The van der Waals surface area contributed by atoms with Gasteiger partial charge in [-0.2, -0.15) is 5.10 Å². The number of carbonyl (C=O) groups is 1. The van der Waals surface area contributed by atoms with Crippen molar-refractivity contribution >= 4 is 5.91 Å². The van der Waals surface area contributed by atoms with Gasteiger partial charge in [-0.15, -0.1) is 0 Å². The Bertz CT molecular complexity index is 774. The average molecular weight is 353 g/mol. The van der Waals surface area contributed by atoms with Gasteiger partial charge in [-0.05, 0) is 50.4 Å². The van der Waals surface area contributed by atoms with Crippen molar-refractivity contribution in [3.05, 3.63) is 47.0 Å². The summed E-state index contributed by atoms with van der Waals surface area (Å²) in [5.74, 6) is 1.18. The maximum atomic E-state index is 11.4. The van der Waals surface area contributed by atoms with Gasteiger partial charge in [0.25, 0.3) is 0 Å². The first-order valence-electron chi connectivity index (χ1n) is 9.62. The molecule has 0 radical (unpaired) electrons. The lowest BCUT2D eigenvalue weighted by Gasteiger charge is -2.26. The minimum absolute atomic E-state index is 0.107. The molecule has 1 atom stereocenters. The molecule has 2 aliphatic rings. The second-order valence-corrected chi connectivity index (χ2v) is 7.65. The molecule has 0 spiro atoms. The van der Waals surface area contributed by atoms with E-state index in [9.17, 15) is 4.79 Å². The summed E-state index contributed by atoms with van der Waals surface area (Å²) in [6, 6.07) is 9.13. The maximum absolute atomic E-state index is 11.4. The smallest absolute Gasteiger partial charge is 0.225 e. The van der Waals surface area contributed by atoms with Crippen molar-refractivity contribution < 1.29 is 4.79 Å². The highest BCUT2D eigenvalue weighted by molar-refractivity contribution is 5.75. The first-order chi connectivity index (χ1) is 12.6. The van der Waals surface area contributed by atoms with Crippen LogP contribution in [0.15, 0.2) is 24.3 Å². The average Bonchev–Trinajstić information content (AvgIpc) is 3.14. The summed E-state index contributed by atoms with van der Waals surface area (Å²) in [4.78, 5) is 18.6. The number of nitrogens with zero attached hydrogens (tertiary/aromatic N) is 4. The molecule has 1 saturated heterocycles. The molecule has 1 amide bonds. The van der Waals surface area contributed by atoms with E-state index in [1.54, 1.807) is 0 Å². The van der Waals surface area contributed by atoms with Crippen LogP contribution in [-0.4, -0.2) is 39.2 Å². The number of benzene rings is 1. The first kappa shape index (κ1) is 17.2. The first-order valence-corrected chi connectivity index (χ1v) is 9.62. The van der Waals surface area contributed by atoms with Crippen LogP contribution in [0.25, 0.3) is 0 Å². The number of likely N-dealkylation sites (tertiary alicyclic amines) is 1. The molecule has 1 aromatic heterocycles. The van der Waals surface area contributed by atoms with Crippen LogP contribution in [0, 0.1) is 0 Å². The Balaban J connectivity index is 1.68. The predicted octanol–water partition coefficient (Wildman–Crippen LogP) is 2.19. The number of primary amides is 1. The van der Waals surface area contributed by atoms with Crippen molar-refractivity contribution in [3.8, 4) is 0 Å². The molecule has 6 nitrogen and oxygen atoms in total. The second kappa shape index (κ2) is 7.19. The highest BCUT2D eigenvalue weighted by atomic mass is 16.1. The molecule has 1 aliphatic heterocycles. The Morgan fingerprint density at radius 1 is 1.19 bits per heavy atom. The van der Waals surface area contributed by atoms with Gasteiger partial charge in [0.15, 0.2) is 5.82 Å².